The molecule has 0 bridgehead atoms. The molecule has 182 valence electrons. The Hall–Kier alpha value is -1.49. The lowest BCUT2D eigenvalue weighted by molar-refractivity contribution is -0.131. The Morgan fingerprint density at radius 2 is 1.77 bits per heavy atom. The van der Waals surface area contributed by atoms with Crippen molar-refractivity contribution in [2.24, 2.45) is 4.99 Å². The zero-order chi connectivity index (χ0) is 24.3. The van der Waals surface area contributed by atoms with E-state index in [1.807, 2.05) is 24.8 Å². The van der Waals surface area contributed by atoms with Crippen molar-refractivity contribution in [3.8, 4) is 0 Å². The van der Waals surface area contributed by atoms with Gasteiger partial charge in [0.25, 0.3) is 0 Å². The van der Waals surface area contributed by atoms with Crippen molar-refractivity contribution in [1.29, 1.82) is 0 Å². The predicted octanol–water partition coefficient (Wildman–Crippen LogP) is 6.87. The summed E-state index contributed by atoms with van der Waals surface area (Å²) in [7, 11) is 0. The molecular weight excluding hydrogens is 389 g/mol. The molecule has 4 nitrogen and oxygen atoms in total. The summed E-state index contributed by atoms with van der Waals surface area (Å²) >= 11 is 0. The third-order valence-corrected chi connectivity index (χ3v) is 4.67. The molecule has 5 heteroatoms. The summed E-state index contributed by atoms with van der Waals surface area (Å²) in [6.07, 6.45) is 11.6. The van der Waals surface area contributed by atoms with Crippen molar-refractivity contribution < 1.29 is 9.18 Å². The van der Waals surface area contributed by atoms with Crippen LogP contribution < -0.4 is 5.32 Å². The van der Waals surface area contributed by atoms with Gasteiger partial charge in [0.15, 0.2) is 0 Å². The Labute approximate surface area is 192 Å². The zero-order valence-electron chi connectivity index (χ0n) is 21.9. The number of allylic oxidation sites excluding steroid dienone is 4. The molecule has 1 N–H and O–H groups in total. The number of unbranched alkanes of at least 4 members (excludes halogenated alkanes) is 2. The lowest BCUT2D eigenvalue weighted by Gasteiger charge is -2.22. The van der Waals surface area contributed by atoms with E-state index in [4.69, 9.17) is 0 Å². The molecule has 0 spiro atoms. The van der Waals surface area contributed by atoms with Gasteiger partial charge in [0.2, 0.25) is 5.91 Å². The van der Waals surface area contributed by atoms with Crippen molar-refractivity contribution in [2.45, 2.75) is 113 Å². The number of nitrogens with one attached hydrogen (secondary N) is 1. The van der Waals surface area contributed by atoms with Crippen molar-refractivity contribution >= 4 is 12.1 Å². The molecule has 0 atom stereocenters. The molecule has 0 aliphatic heterocycles. The minimum atomic E-state index is -1.31. The summed E-state index contributed by atoms with van der Waals surface area (Å²) in [5, 5.41) is 3.29. The van der Waals surface area contributed by atoms with Gasteiger partial charge in [-0.15, -0.1) is 0 Å². The molecule has 31 heavy (non-hydrogen) atoms. The first kappa shape index (κ1) is 31.7. The fraction of sp³-hybridized carbons (Fsp3) is 0.769. The molecule has 0 saturated heterocycles. The van der Waals surface area contributed by atoms with Gasteiger partial charge in [-0.3, -0.25) is 9.79 Å². The number of alkyl halides is 1. The van der Waals surface area contributed by atoms with E-state index in [9.17, 15) is 9.18 Å². The van der Waals surface area contributed by atoms with E-state index in [0.29, 0.717) is 23.9 Å². The van der Waals surface area contributed by atoms with Gasteiger partial charge in [0.05, 0.1) is 0 Å². The van der Waals surface area contributed by atoms with Gasteiger partial charge in [-0.25, -0.2) is 4.39 Å². The maximum absolute atomic E-state index is 13.5. The van der Waals surface area contributed by atoms with E-state index in [0.717, 1.165) is 44.6 Å². The maximum Gasteiger partial charge on any atom is 0.223 e. The zero-order valence-corrected chi connectivity index (χ0v) is 21.9. The topological polar surface area (TPSA) is 44.7 Å². The minimum absolute atomic E-state index is 0.302. The molecule has 0 aliphatic carbocycles. The fourth-order valence-corrected chi connectivity index (χ4v) is 2.90. The highest BCUT2D eigenvalue weighted by Gasteiger charge is 2.19. The first-order chi connectivity index (χ1) is 14.5. The number of hydrogen-bond acceptors (Lipinski definition) is 3. The smallest absolute Gasteiger partial charge is 0.223 e. The van der Waals surface area contributed by atoms with Crippen LogP contribution in [0.15, 0.2) is 28.4 Å². The Bertz CT molecular complexity index is 545. The Morgan fingerprint density at radius 3 is 2.23 bits per heavy atom. The largest absolute Gasteiger partial charge is 0.343 e. The van der Waals surface area contributed by atoms with Gasteiger partial charge in [0.1, 0.15) is 5.67 Å². The van der Waals surface area contributed by atoms with E-state index in [1.165, 1.54) is 26.7 Å². The number of carbonyl (C=O) groups excluding carboxylic acids is 1. The van der Waals surface area contributed by atoms with Crippen molar-refractivity contribution in [1.82, 2.24) is 10.2 Å². The quantitative estimate of drug-likeness (QED) is 0.237. The molecule has 0 heterocycles. The molecule has 0 aliphatic rings. The van der Waals surface area contributed by atoms with Gasteiger partial charge in [-0.05, 0) is 47.0 Å². The maximum atomic E-state index is 13.5. The van der Waals surface area contributed by atoms with Crippen LogP contribution in [0.3, 0.4) is 0 Å². The van der Waals surface area contributed by atoms with Gasteiger partial charge in [-0.1, -0.05) is 59.6 Å². The second-order valence-corrected chi connectivity index (χ2v) is 8.68. The predicted molar refractivity (Wildman–Crippen MR) is 136 cm³/mol. The van der Waals surface area contributed by atoms with Crippen LogP contribution in [0.2, 0.25) is 0 Å². The molecule has 0 unspecified atom stereocenters. The van der Waals surface area contributed by atoms with Gasteiger partial charge in [-0.2, -0.15) is 0 Å². The van der Waals surface area contributed by atoms with Crippen LogP contribution in [0.4, 0.5) is 4.39 Å². The lowest BCUT2D eigenvalue weighted by atomic mass is 10.0. The highest BCUT2D eigenvalue weighted by molar-refractivity contribution is 5.81. The van der Waals surface area contributed by atoms with E-state index < -0.39 is 5.67 Å². The van der Waals surface area contributed by atoms with Crippen molar-refractivity contribution in [3.05, 3.63) is 23.4 Å². The first-order valence-electron chi connectivity index (χ1n) is 12.1. The molecule has 0 aromatic carbocycles. The van der Waals surface area contributed by atoms with E-state index in [1.54, 1.807) is 12.3 Å². The fourth-order valence-electron chi connectivity index (χ4n) is 2.90. The van der Waals surface area contributed by atoms with Crippen LogP contribution in [0.5, 0.6) is 0 Å². The van der Waals surface area contributed by atoms with Gasteiger partial charge in [0, 0.05) is 49.6 Å². The molecule has 0 saturated carbocycles. The Balaban J connectivity index is 0. The highest BCUT2D eigenvalue weighted by Crippen LogP contribution is 2.19. The summed E-state index contributed by atoms with van der Waals surface area (Å²) in [6, 6.07) is 0.461. The molecule has 0 rings (SSSR count). The van der Waals surface area contributed by atoms with E-state index in [-0.39, 0.29) is 0 Å². The molecule has 1 amide bonds. The summed E-state index contributed by atoms with van der Waals surface area (Å²) in [5.41, 5.74) is 0.225. The summed E-state index contributed by atoms with van der Waals surface area (Å²) in [5.74, 6) is 0.302. The number of aliphatic imine (C=N–C) groups is 1. The normalized spacial score (nSPS) is 12.9. The SMILES string of the molecule is CCCCCN(CCC)C(=O)CCNC(C)C.C\C=C(/C=N\C(C)=C/CC)C(C)(C)F. The van der Waals surface area contributed by atoms with Gasteiger partial charge >= 0.3 is 0 Å². The molecule has 0 radical (unpaired) electrons. The van der Waals surface area contributed by atoms with Crippen LogP contribution in [-0.4, -0.2) is 48.4 Å². The average Bonchev–Trinajstić information content (AvgIpc) is 2.67. The molecular formula is C26H50FN3O. The average molecular weight is 440 g/mol. The third kappa shape index (κ3) is 19.0. The Kier molecular flexibility index (Phi) is 19.6. The van der Waals surface area contributed by atoms with Crippen molar-refractivity contribution in [3.63, 3.8) is 0 Å². The van der Waals surface area contributed by atoms with Crippen LogP contribution in [0, 0.1) is 0 Å². The van der Waals surface area contributed by atoms with Gasteiger partial charge < -0.3 is 10.2 Å². The summed E-state index contributed by atoms with van der Waals surface area (Å²) in [4.78, 5) is 18.2. The lowest BCUT2D eigenvalue weighted by Crippen LogP contribution is -2.35. The minimum Gasteiger partial charge on any atom is -0.343 e. The van der Waals surface area contributed by atoms with Crippen LogP contribution in [-0.2, 0) is 4.79 Å². The number of rotatable bonds is 14. The molecule has 0 aromatic rings. The van der Waals surface area contributed by atoms with Crippen LogP contribution >= 0.6 is 0 Å². The van der Waals surface area contributed by atoms with E-state index >= 15 is 0 Å². The number of hydrogen-bond donors (Lipinski definition) is 1. The van der Waals surface area contributed by atoms with Crippen LogP contribution in [0.1, 0.15) is 101 Å². The van der Waals surface area contributed by atoms with Crippen LogP contribution in [0.25, 0.3) is 0 Å². The monoisotopic (exact) mass is 439 g/mol. The number of carbonyl (C=O) groups is 1. The first-order valence-corrected chi connectivity index (χ1v) is 12.1. The van der Waals surface area contributed by atoms with E-state index in [2.05, 4.69) is 44.9 Å². The molecule has 0 fully saturated rings. The third-order valence-electron chi connectivity index (χ3n) is 4.67. The van der Waals surface area contributed by atoms with Crippen molar-refractivity contribution in [2.75, 3.05) is 19.6 Å². The summed E-state index contributed by atoms with van der Waals surface area (Å²) < 4.78 is 13.5. The summed E-state index contributed by atoms with van der Waals surface area (Å²) in [6.45, 7) is 20.0. The highest BCUT2D eigenvalue weighted by atomic mass is 19.1. The number of amides is 1. The standard InChI is InChI=1S/C14H30N2O.C12H20FN/c1-5-7-8-12-16(11-6-2)14(17)9-10-15-13(3)4;1-6-8-10(3)14-9-11(7-2)12(4,5)13/h13,15H,5-12H2,1-4H3;7-9H,6H2,1-5H3/b;10-8-,11-7+,14-9-. The number of nitrogens with zero attached hydrogens (tertiary/aromatic N) is 2. The second kappa shape index (κ2) is 19.2. The number of halogens is 1. The molecule has 0 aromatic heterocycles. The Morgan fingerprint density at radius 1 is 1.13 bits per heavy atom. The second-order valence-electron chi connectivity index (χ2n) is 8.68.